The Kier molecular flexibility index (Phi) is 16.1. The number of hydrogen-bond acceptors (Lipinski definition) is 3. The molecule has 80 valence electrons. The number of halogens is 1. The SMILES string of the molecule is CC.CC1=COC1=O.CN(C)C.Cl. The third-order valence-electron chi connectivity index (χ3n) is 0.665. The Labute approximate surface area is 87.2 Å². The van der Waals surface area contributed by atoms with Crippen LogP contribution in [0.3, 0.4) is 0 Å². The predicted molar refractivity (Wildman–Crippen MR) is 58.1 cm³/mol. The minimum Gasteiger partial charge on any atom is -0.430 e. The molecule has 3 nitrogen and oxygen atoms in total. The largest absolute Gasteiger partial charge is 0.430 e. The zero-order chi connectivity index (χ0) is 10.1. The van der Waals surface area contributed by atoms with Gasteiger partial charge in [0, 0.05) is 0 Å². The van der Waals surface area contributed by atoms with Gasteiger partial charge in [0.15, 0.2) is 0 Å². The highest BCUT2D eigenvalue weighted by Crippen LogP contribution is 2.06. The normalized spacial score (nSPS) is 11.6. The minimum absolute atomic E-state index is 0. The van der Waals surface area contributed by atoms with Crippen LogP contribution in [0.1, 0.15) is 20.8 Å². The lowest BCUT2D eigenvalue weighted by Gasteiger charge is -2.05. The summed E-state index contributed by atoms with van der Waals surface area (Å²) in [7, 11) is 6.00. The molecule has 13 heavy (non-hydrogen) atoms. The lowest BCUT2D eigenvalue weighted by Crippen LogP contribution is -2.10. The Morgan fingerprint density at radius 3 is 1.46 bits per heavy atom. The van der Waals surface area contributed by atoms with E-state index in [1.807, 2.05) is 39.9 Å². The van der Waals surface area contributed by atoms with Crippen LogP contribution in [0.5, 0.6) is 0 Å². The summed E-state index contributed by atoms with van der Waals surface area (Å²) in [5.74, 6) is -0.199. The van der Waals surface area contributed by atoms with E-state index in [-0.39, 0.29) is 18.4 Å². The van der Waals surface area contributed by atoms with Crippen LogP contribution in [-0.4, -0.2) is 32.0 Å². The van der Waals surface area contributed by atoms with Crippen LogP contribution in [0.15, 0.2) is 11.8 Å². The fourth-order valence-corrected chi connectivity index (χ4v) is 0.225. The van der Waals surface area contributed by atoms with Crippen molar-refractivity contribution >= 4 is 18.4 Å². The number of hydrogen-bond donors (Lipinski definition) is 0. The number of ether oxygens (including phenoxy) is 1. The van der Waals surface area contributed by atoms with E-state index in [0.29, 0.717) is 5.57 Å². The molecular weight excluding hydrogens is 190 g/mol. The highest BCUT2D eigenvalue weighted by molar-refractivity contribution is 5.92. The zero-order valence-electron chi connectivity index (χ0n) is 9.25. The maximum atomic E-state index is 9.94. The van der Waals surface area contributed by atoms with Crippen molar-refractivity contribution in [1.82, 2.24) is 4.90 Å². The van der Waals surface area contributed by atoms with Crippen LogP contribution in [-0.2, 0) is 9.53 Å². The molecule has 0 amide bonds. The quantitative estimate of drug-likeness (QED) is 0.572. The van der Waals surface area contributed by atoms with E-state index in [1.54, 1.807) is 6.92 Å². The van der Waals surface area contributed by atoms with Crippen LogP contribution in [0.4, 0.5) is 0 Å². The smallest absolute Gasteiger partial charge is 0.341 e. The number of carbonyl (C=O) groups is 1. The molecule has 4 heteroatoms. The molecule has 0 saturated heterocycles. The molecule has 0 radical (unpaired) electrons. The number of esters is 1. The molecule has 0 N–H and O–H groups in total. The summed E-state index contributed by atoms with van der Waals surface area (Å²) in [5, 5.41) is 0. The van der Waals surface area contributed by atoms with Gasteiger partial charge in [-0.2, -0.15) is 0 Å². The Balaban J connectivity index is -0.000000128. The summed E-state index contributed by atoms with van der Waals surface area (Å²) in [6, 6.07) is 0. The van der Waals surface area contributed by atoms with Gasteiger partial charge < -0.3 is 9.64 Å². The molecule has 1 aliphatic heterocycles. The first-order chi connectivity index (χ1) is 5.54. The summed E-state index contributed by atoms with van der Waals surface area (Å²) < 4.78 is 4.24. The second kappa shape index (κ2) is 11.5. The predicted octanol–water partition coefficient (Wildman–Crippen LogP) is 2.07. The summed E-state index contributed by atoms with van der Waals surface area (Å²) in [4.78, 5) is 11.9. The average molecular weight is 210 g/mol. The maximum absolute atomic E-state index is 9.94. The van der Waals surface area contributed by atoms with E-state index in [0.717, 1.165) is 0 Å². The molecule has 1 heterocycles. The lowest BCUT2D eigenvalue weighted by atomic mass is 10.3. The summed E-state index contributed by atoms with van der Waals surface area (Å²) in [6.07, 6.45) is 1.43. The molecule has 1 rings (SSSR count). The highest BCUT2D eigenvalue weighted by atomic mass is 35.5. The van der Waals surface area contributed by atoms with Crippen molar-refractivity contribution in [3.05, 3.63) is 11.8 Å². The Morgan fingerprint density at radius 1 is 1.23 bits per heavy atom. The topological polar surface area (TPSA) is 29.5 Å². The first-order valence-corrected chi connectivity index (χ1v) is 4.02. The van der Waals surface area contributed by atoms with Crippen LogP contribution < -0.4 is 0 Å². The maximum Gasteiger partial charge on any atom is 0.341 e. The van der Waals surface area contributed by atoms with E-state index in [2.05, 4.69) is 4.74 Å². The number of rotatable bonds is 0. The van der Waals surface area contributed by atoms with Crippen LogP contribution in [0.2, 0.25) is 0 Å². The van der Waals surface area contributed by atoms with E-state index in [1.165, 1.54) is 6.26 Å². The van der Waals surface area contributed by atoms with Gasteiger partial charge in [0.25, 0.3) is 0 Å². The average Bonchev–Trinajstić information content (AvgIpc) is 2.04. The van der Waals surface area contributed by atoms with Gasteiger partial charge >= 0.3 is 5.97 Å². The first kappa shape index (κ1) is 18.3. The van der Waals surface area contributed by atoms with Gasteiger partial charge in [0.2, 0.25) is 0 Å². The van der Waals surface area contributed by atoms with Gasteiger partial charge in [0.05, 0.1) is 5.57 Å². The van der Waals surface area contributed by atoms with E-state index in [4.69, 9.17) is 0 Å². The van der Waals surface area contributed by atoms with Crippen molar-refractivity contribution < 1.29 is 9.53 Å². The number of cyclic esters (lactones) is 1. The van der Waals surface area contributed by atoms with Gasteiger partial charge in [-0.15, -0.1) is 12.4 Å². The fourth-order valence-electron chi connectivity index (χ4n) is 0.225. The molecule has 0 aromatic rings. The monoisotopic (exact) mass is 209 g/mol. The summed E-state index contributed by atoms with van der Waals surface area (Å²) >= 11 is 0. The standard InChI is InChI=1S/C4H4O2.C3H9N.C2H6.ClH/c1-3-2-6-4(3)5;1-4(2)3;1-2;/h2H,1H3;1-3H3;1-2H3;1H. The molecule has 0 atom stereocenters. The van der Waals surface area contributed by atoms with Crippen molar-refractivity contribution in [2.45, 2.75) is 20.8 Å². The first-order valence-electron chi connectivity index (χ1n) is 4.02. The molecule has 1 aliphatic rings. The third kappa shape index (κ3) is 14.3. The Bertz CT molecular complexity index is 153. The lowest BCUT2D eigenvalue weighted by molar-refractivity contribution is -0.138. The minimum atomic E-state index is -0.199. The summed E-state index contributed by atoms with van der Waals surface area (Å²) in [5.41, 5.74) is 0.704. The highest BCUT2D eigenvalue weighted by Gasteiger charge is 2.12. The third-order valence-corrected chi connectivity index (χ3v) is 0.665. The van der Waals surface area contributed by atoms with Crippen molar-refractivity contribution in [2.75, 3.05) is 21.1 Å². The van der Waals surface area contributed by atoms with Crippen LogP contribution in [0.25, 0.3) is 0 Å². The Hall–Kier alpha value is -0.540. The molecule has 0 aliphatic carbocycles. The second-order valence-corrected chi connectivity index (χ2v) is 2.55. The zero-order valence-corrected chi connectivity index (χ0v) is 10.1. The molecule has 0 fully saturated rings. The van der Waals surface area contributed by atoms with Gasteiger partial charge in [-0.25, -0.2) is 4.79 Å². The number of nitrogens with zero attached hydrogens (tertiary/aromatic N) is 1. The van der Waals surface area contributed by atoms with E-state index < -0.39 is 0 Å². The molecule has 0 spiro atoms. The molecular formula is C9H20ClNO2. The molecule has 0 saturated carbocycles. The van der Waals surface area contributed by atoms with Crippen molar-refractivity contribution in [3.63, 3.8) is 0 Å². The van der Waals surface area contributed by atoms with Crippen molar-refractivity contribution in [2.24, 2.45) is 0 Å². The van der Waals surface area contributed by atoms with E-state index in [9.17, 15) is 4.79 Å². The van der Waals surface area contributed by atoms with E-state index >= 15 is 0 Å². The van der Waals surface area contributed by atoms with Crippen LogP contribution in [0, 0.1) is 0 Å². The summed E-state index contributed by atoms with van der Waals surface area (Å²) in [6.45, 7) is 5.71. The van der Waals surface area contributed by atoms with Gasteiger partial charge in [-0.3, -0.25) is 0 Å². The molecule has 0 unspecified atom stereocenters. The van der Waals surface area contributed by atoms with Gasteiger partial charge in [-0.05, 0) is 28.1 Å². The Morgan fingerprint density at radius 2 is 1.46 bits per heavy atom. The fraction of sp³-hybridized carbons (Fsp3) is 0.667. The second-order valence-electron chi connectivity index (χ2n) is 2.55. The number of carbonyl (C=O) groups excluding carboxylic acids is 1. The molecule has 0 aromatic heterocycles. The van der Waals surface area contributed by atoms with Gasteiger partial charge in [-0.1, -0.05) is 13.8 Å². The van der Waals surface area contributed by atoms with Crippen LogP contribution >= 0.6 is 12.4 Å². The van der Waals surface area contributed by atoms with Gasteiger partial charge in [0.1, 0.15) is 6.26 Å². The molecule has 0 bridgehead atoms. The van der Waals surface area contributed by atoms with Crippen molar-refractivity contribution in [3.8, 4) is 0 Å². The van der Waals surface area contributed by atoms with Crippen molar-refractivity contribution in [1.29, 1.82) is 0 Å². The molecule has 0 aromatic carbocycles.